The van der Waals surface area contributed by atoms with Gasteiger partial charge in [0, 0.05) is 13.3 Å². The van der Waals surface area contributed by atoms with Crippen molar-refractivity contribution in [2.24, 2.45) is 0 Å². The van der Waals surface area contributed by atoms with Crippen molar-refractivity contribution in [1.29, 1.82) is 0 Å². The van der Waals surface area contributed by atoms with Crippen LogP contribution in [0.3, 0.4) is 0 Å². The number of thioether (sulfide) groups is 1. The second-order valence-electron chi connectivity index (χ2n) is 6.00. The molecule has 0 fully saturated rings. The van der Waals surface area contributed by atoms with E-state index < -0.39 is 34.3 Å². The molecule has 0 aliphatic rings. The highest BCUT2D eigenvalue weighted by Crippen LogP contribution is 2.30. The minimum atomic E-state index is -4.56. The summed E-state index contributed by atoms with van der Waals surface area (Å²) in [6.07, 6.45) is -3.75. The third-order valence-electron chi connectivity index (χ3n) is 4.07. The van der Waals surface area contributed by atoms with Crippen LogP contribution in [0.25, 0.3) is 5.65 Å². The van der Waals surface area contributed by atoms with E-state index in [4.69, 9.17) is 10.5 Å². The smallest absolute Gasteiger partial charge is 0.384 e. The predicted molar refractivity (Wildman–Crippen MR) is 101 cm³/mol. The first-order valence-corrected chi connectivity index (χ1v) is 9.31. The van der Waals surface area contributed by atoms with Gasteiger partial charge in [0.25, 0.3) is 5.56 Å². The van der Waals surface area contributed by atoms with E-state index in [2.05, 4.69) is 10.2 Å². The molecule has 160 valence electrons. The number of rotatable bonds is 7. The highest BCUT2D eigenvalue weighted by atomic mass is 32.2. The summed E-state index contributed by atoms with van der Waals surface area (Å²) in [6, 6.07) is 2.02. The van der Waals surface area contributed by atoms with Crippen LogP contribution < -0.4 is 17.0 Å². The van der Waals surface area contributed by atoms with E-state index >= 15 is 0 Å². The standard InChI is InChI=1S/C16H15F3N6O4S/c1-29-5-4-24-12(20)11(13(27)21-14(24)28)9(26)7-30-15-23-22-10-3-2-8(6-25(10)15)16(17,18)19/h2-3,6H,4-5,7,20H2,1H3,(H,21,27,28). The molecule has 30 heavy (non-hydrogen) atoms. The largest absolute Gasteiger partial charge is 0.417 e. The Morgan fingerprint density at radius 2 is 2.03 bits per heavy atom. The van der Waals surface area contributed by atoms with Crippen molar-refractivity contribution in [2.75, 3.05) is 25.2 Å². The van der Waals surface area contributed by atoms with Crippen molar-refractivity contribution >= 4 is 29.0 Å². The molecule has 3 aromatic heterocycles. The fourth-order valence-electron chi connectivity index (χ4n) is 2.60. The van der Waals surface area contributed by atoms with Crippen LogP contribution in [0.5, 0.6) is 0 Å². The Labute approximate surface area is 169 Å². The molecular formula is C16H15F3N6O4S. The SMILES string of the molecule is COCCn1c(N)c(C(=O)CSc2nnc3ccc(C(F)(F)F)cn23)c(=O)[nH]c1=O. The second-order valence-corrected chi connectivity index (χ2v) is 6.94. The van der Waals surface area contributed by atoms with Crippen molar-refractivity contribution in [2.45, 2.75) is 17.9 Å². The molecule has 10 nitrogen and oxygen atoms in total. The maximum absolute atomic E-state index is 12.9. The lowest BCUT2D eigenvalue weighted by atomic mass is 10.2. The van der Waals surface area contributed by atoms with Crippen molar-refractivity contribution < 1.29 is 22.7 Å². The summed E-state index contributed by atoms with van der Waals surface area (Å²) in [7, 11) is 1.41. The van der Waals surface area contributed by atoms with E-state index in [9.17, 15) is 27.6 Å². The number of alkyl halides is 3. The Balaban J connectivity index is 1.88. The number of carbonyl (C=O) groups excluding carboxylic acids is 1. The van der Waals surface area contributed by atoms with Crippen LogP contribution in [0.15, 0.2) is 33.1 Å². The quantitative estimate of drug-likeness (QED) is 0.403. The Morgan fingerprint density at radius 1 is 1.30 bits per heavy atom. The number of nitrogens with one attached hydrogen (secondary N) is 1. The normalized spacial score (nSPS) is 11.9. The maximum Gasteiger partial charge on any atom is 0.417 e. The number of pyridine rings is 1. The maximum atomic E-state index is 12.9. The van der Waals surface area contributed by atoms with E-state index in [1.165, 1.54) is 7.11 Å². The van der Waals surface area contributed by atoms with Crippen LogP contribution in [0.2, 0.25) is 0 Å². The van der Waals surface area contributed by atoms with Gasteiger partial charge in [0.15, 0.2) is 16.6 Å². The number of ether oxygens (including phenoxy) is 1. The summed E-state index contributed by atoms with van der Waals surface area (Å²) >= 11 is 0.776. The average molecular weight is 444 g/mol. The first-order valence-electron chi connectivity index (χ1n) is 8.33. The summed E-state index contributed by atoms with van der Waals surface area (Å²) in [6.45, 7) is 0.131. The second kappa shape index (κ2) is 8.31. The Kier molecular flexibility index (Phi) is 5.98. The van der Waals surface area contributed by atoms with Gasteiger partial charge >= 0.3 is 11.9 Å². The molecule has 3 heterocycles. The van der Waals surface area contributed by atoms with Gasteiger partial charge in [0.2, 0.25) is 0 Å². The number of ketones is 1. The van der Waals surface area contributed by atoms with E-state index in [0.29, 0.717) is 0 Å². The summed E-state index contributed by atoms with van der Waals surface area (Å²) < 4.78 is 45.7. The average Bonchev–Trinajstić information content (AvgIpc) is 3.07. The molecule has 3 aromatic rings. The van der Waals surface area contributed by atoms with Gasteiger partial charge in [-0.3, -0.25) is 23.5 Å². The molecule has 3 N–H and O–H groups in total. The zero-order chi connectivity index (χ0) is 22.1. The van der Waals surface area contributed by atoms with Gasteiger partial charge in [-0.1, -0.05) is 11.8 Å². The lowest BCUT2D eigenvalue weighted by Crippen LogP contribution is -2.37. The zero-order valence-electron chi connectivity index (χ0n) is 15.4. The number of anilines is 1. The van der Waals surface area contributed by atoms with Crippen molar-refractivity contribution in [1.82, 2.24) is 24.1 Å². The van der Waals surface area contributed by atoms with E-state index in [0.717, 1.165) is 39.1 Å². The van der Waals surface area contributed by atoms with Gasteiger partial charge in [0.1, 0.15) is 11.4 Å². The number of carbonyl (C=O) groups is 1. The number of hydrogen-bond acceptors (Lipinski definition) is 8. The Morgan fingerprint density at radius 3 is 2.70 bits per heavy atom. The summed E-state index contributed by atoms with van der Waals surface area (Å²) in [5.41, 5.74) is 2.91. The Hall–Kier alpha value is -3.13. The number of halogens is 3. The van der Waals surface area contributed by atoms with Crippen molar-refractivity contribution in [3.05, 3.63) is 50.3 Å². The highest BCUT2D eigenvalue weighted by molar-refractivity contribution is 7.99. The van der Waals surface area contributed by atoms with Crippen molar-refractivity contribution in [3.8, 4) is 0 Å². The molecule has 0 aliphatic carbocycles. The van der Waals surface area contributed by atoms with Gasteiger partial charge < -0.3 is 10.5 Å². The number of H-pyrrole nitrogens is 1. The summed E-state index contributed by atoms with van der Waals surface area (Å²) in [5.74, 6) is -1.42. The molecule has 0 aromatic carbocycles. The molecule has 14 heteroatoms. The topological polar surface area (TPSA) is 137 Å². The third-order valence-corrected chi connectivity index (χ3v) is 5.01. The van der Waals surface area contributed by atoms with Gasteiger partial charge in [0.05, 0.1) is 24.5 Å². The first kappa shape index (κ1) is 21.6. The van der Waals surface area contributed by atoms with Gasteiger partial charge in [-0.05, 0) is 12.1 Å². The number of nitrogens with zero attached hydrogens (tertiary/aromatic N) is 4. The van der Waals surface area contributed by atoms with Gasteiger partial charge in [-0.2, -0.15) is 13.2 Å². The fraction of sp³-hybridized carbons (Fsp3) is 0.312. The van der Waals surface area contributed by atoms with Gasteiger partial charge in [-0.25, -0.2) is 4.79 Å². The summed E-state index contributed by atoms with van der Waals surface area (Å²) in [4.78, 5) is 38.6. The molecule has 0 saturated heterocycles. The number of aromatic amines is 1. The third kappa shape index (κ3) is 4.23. The molecule has 0 saturated carbocycles. The molecule has 0 radical (unpaired) electrons. The molecule has 3 rings (SSSR count). The summed E-state index contributed by atoms with van der Waals surface area (Å²) in [5, 5.41) is 7.54. The number of aromatic nitrogens is 5. The van der Waals surface area contributed by atoms with E-state index in [1.807, 2.05) is 4.98 Å². The first-order chi connectivity index (χ1) is 14.1. The van der Waals surface area contributed by atoms with Crippen molar-refractivity contribution in [3.63, 3.8) is 0 Å². The number of Topliss-reactive ketones (excluding diaryl/α,β-unsaturated/α-hetero) is 1. The number of methoxy groups -OCH3 is 1. The molecule has 0 aliphatic heterocycles. The zero-order valence-corrected chi connectivity index (χ0v) is 16.2. The minimum Gasteiger partial charge on any atom is -0.384 e. The molecular weight excluding hydrogens is 429 g/mol. The van der Waals surface area contributed by atoms with Crippen LogP contribution in [0.4, 0.5) is 19.0 Å². The number of nitrogen functional groups attached to an aromatic ring is 1. The Bertz CT molecular complexity index is 1220. The molecule has 0 bridgehead atoms. The number of fused-ring (bicyclic) bond motifs is 1. The monoisotopic (exact) mass is 444 g/mol. The predicted octanol–water partition coefficient (Wildman–Crippen LogP) is 0.802. The van der Waals surface area contributed by atoms with E-state index in [-0.39, 0.29) is 35.5 Å². The van der Waals surface area contributed by atoms with Crippen LogP contribution in [0.1, 0.15) is 15.9 Å². The lowest BCUT2D eigenvalue weighted by molar-refractivity contribution is -0.137. The molecule has 0 unspecified atom stereocenters. The van der Waals surface area contributed by atoms with E-state index in [1.54, 1.807) is 0 Å². The minimum absolute atomic E-state index is 0.0143. The fourth-order valence-corrected chi connectivity index (χ4v) is 3.39. The van der Waals surface area contributed by atoms with Crippen LogP contribution in [-0.4, -0.2) is 49.4 Å². The lowest BCUT2D eigenvalue weighted by Gasteiger charge is -2.11. The van der Waals surface area contributed by atoms with Crippen LogP contribution >= 0.6 is 11.8 Å². The molecule has 0 amide bonds. The molecule has 0 spiro atoms. The molecule has 0 atom stereocenters. The van der Waals surface area contributed by atoms with Crippen LogP contribution in [0, 0.1) is 0 Å². The highest BCUT2D eigenvalue weighted by Gasteiger charge is 2.31. The number of hydrogen-bond donors (Lipinski definition) is 2. The van der Waals surface area contributed by atoms with Gasteiger partial charge in [-0.15, -0.1) is 10.2 Å². The number of nitrogens with two attached hydrogens (primary N) is 1. The van der Waals surface area contributed by atoms with Crippen LogP contribution in [-0.2, 0) is 17.5 Å².